The number of hydrogen-bond donors (Lipinski definition) is 1. The number of benzene rings is 1. The van der Waals surface area contributed by atoms with Gasteiger partial charge in [0.25, 0.3) is 0 Å². The van der Waals surface area contributed by atoms with Crippen molar-refractivity contribution in [3.63, 3.8) is 0 Å². The van der Waals surface area contributed by atoms with E-state index in [1.54, 1.807) is 34.0 Å². The molecule has 1 N–H and O–H groups in total. The fraction of sp³-hybridized carbons (Fsp3) is 0.286. The number of carbonyl (C=O) groups excluding carboxylic acids is 1. The van der Waals surface area contributed by atoms with Gasteiger partial charge in [0.1, 0.15) is 5.82 Å². The molecule has 3 aromatic rings. The Balaban J connectivity index is 1.54. The van der Waals surface area contributed by atoms with Gasteiger partial charge in [0.15, 0.2) is 14.9 Å². The number of nitrogens with one attached hydrogen (secondary N) is 1. The summed E-state index contributed by atoms with van der Waals surface area (Å²) in [6.07, 6.45) is 6.63. The van der Waals surface area contributed by atoms with Gasteiger partial charge in [-0.25, -0.2) is 27.3 Å². The molecule has 8 nitrogen and oxygen atoms in total. The van der Waals surface area contributed by atoms with Crippen molar-refractivity contribution in [2.45, 2.75) is 30.8 Å². The van der Waals surface area contributed by atoms with Crippen molar-refractivity contribution in [1.29, 1.82) is 0 Å². The molecular formula is C21H22FN5O3S. The van der Waals surface area contributed by atoms with Crippen molar-refractivity contribution in [3.8, 4) is 5.69 Å². The standard InChI is InChI=1S/C21H22FN5O3S/c1-31(29,30)20-12-15(9-10-23-20)13-24-21(28)26-11-3-2-4-18-19(26)14-25-27(18)17-7-5-16(22)6-8-17/h5-10,12,14H,2-4,11,13H2,1H3,(H,24,28). The Morgan fingerprint density at radius 1 is 1.19 bits per heavy atom. The minimum Gasteiger partial charge on any atom is -0.334 e. The van der Waals surface area contributed by atoms with Gasteiger partial charge in [-0.3, -0.25) is 4.90 Å². The van der Waals surface area contributed by atoms with Crippen LogP contribution in [0.4, 0.5) is 14.9 Å². The smallest absolute Gasteiger partial charge is 0.322 e. The number of sulfone groups is 1. The van der Waals surface area contributed by atoms with Crippen LogP contribution in [0.25, 0.3) is 5.69 Å². The summed E-state index contributed by atoms with van der Waals surface area (Å²) in [4.78, 5) is 18.5. The van der Waals surface area contributed by atoms with Crippen molar-refractivity contribution < 1.29 is 17.6 Å². The molecule has 0 spiro atoms. The van der Waals surface area contributed by atoms with Crippen LogP contribution in [0.3, 0.4) is 0 Å². The van der Waals surface area contributed by atoms with Crippen molar-refractivity contribution >= 4 is 21.6 Å². The third-order valence-electron chi connectivity index (χ3n) is 5.12. The molecule has 162 valence electrons. The van der Waals surface area contributed by atoms with E-state index in [4.69, 9.17) is 0 Å². The van der Waals surface area contributed by atoms with E-state index >= 15 is 0 Å². The fourth-order valence-electron chi connectivity index (χ4n) is 3.56. The van der Waals surface area contributed by atoms with Gasteiger partial charge in [-0.1, -0.05) is 0 Å². The van der Waals surface area contributed by atoms with E-state index in [1.165, 1.54) is 24.4 Å². The summed E-state index contributed by atoms with van der Waals surface area (Å²) in [5.74, 6) is -0.321. The average Bonchev–Trinajstić information content (AvgIpc) is 3.04. The molecule has 1 aliphatic heterocycles. The zero-order valence-electron chi connectivity index (χ0n) is 17.0. The van der Waals surface area contributed by atoms with E-state index in [-0.39, 0.29) is 23.4 Å². The molecule has 10 heteroatoms. The Morgan fingerprint density at radius 2 is 1.97 bits per heavy atom. The second-order valence-electron chi connectivity index (χ2n) is 7.41. The Bertz CT molecular complexity index is 1210. The number of halogens is 1. The van der Waals surface area contributed by atoms with Gasteiger partial charge in [0.2, 0.25) is 0 Å². The minimum atomic E-state index is -3.42. The Labute approximate surface area is 179 Å². The zero-order valence-corrected chi connectivity index (χ0v) is 17.8. The zero-order chi connectivity index (χ0) is 22.0. The second-order valence-corrected chi connectivity index (χ2v) is 9.37. The van der Waals surface area contributed by atoms with Crippen LogP contribution in [-0.4, -0.2) is 42.0 Å². The molecule has 1 aromatic carbocycles. The lowest BCUT2D eigenvalue weighted by molar-refractivity contribution is 0.246. The molecule has 2 amide bonds. The Kier molecular flexibility index (Phi) is 5.73. The summed E-state index contributed by atoms with van der Waals surface area (Å²) in [6.45, 7) is 0.709. The first-order chi connectivity index (χ1) is 14.8. The molecular weight excluding hydrogens is 421 g/mol. The van der Waals surface area contributed by atoms with Crippen LogP contribution >= 0.6 is 0 Å². The molecule has 0 saturated heterocycles. The van der Waals surface area contributed by atoms with Gasteiger partial charge in [0.05, 0.1) is 23.3 Å². The third kappa shape index (κ3) is 4.58. The van der Waals surface area contributed by atoms with Crippen LogP contribution in [0.2, 0.25) is 0 Å². The summed E-state index contributed by atoms with van der Waals surface area (Å²) in [7, 11) is -3.42. The first kappa shape index (κ1) is 21.0. The molecule has 31 heavy (non-hydrogen) atoms. The molecule has 0 radical (unpaired) electrons. The SMILES string of the molecule is CS(=O)(=O)c1cc(CNC(=O)N2CCCCc3c2cnn3-c2ccc(F)cc2)ccn1. The predicted octanol–water partition coefficient (Wildman–Crippen LogP) is 2.86. The van der Waals surface area contributed by atoms with E-state index in [1.807, 2.05) is 0 Å². The molecule has 0 saturated carbocycles. The number of carbonyl (C=O) groups is 1. The number of anilines is 1. The Hall–Kier alpha value is -3.27. The van der Waals surface area contributed by atoms with Crippen LogP contribution in [-0.2, 0) is 22.8 Å². The number of nitrogens with zero attached hydrogens (tertiary/aromatic N) is 4. The highest BCUT2D eigenvalue weighted by atomic mass is 32.2. The number of pyridine rings is 1. The van der Waals surface area contributed by atoms with Crippen LogP contribution in [0, 0.1) is 5.82 Å². The first-order valence-electron chi connectivity index (χ1n) is 9.86. The van der Waals surface area contributed by atoms with Gasteiger partial charge in [-0.2, -0.15) is 5.10 Å². The summed E-state index contributed by atoms with van der Waals surface area (Å²) in [5.41, 5.74) is 2.98. The fourth-order valence-corrected chi connectivity index (χ4v) is 4.18. The molecule has 4 rings (SSSR count). The molecule has 0 aliphatic carbocycles. The lowest BCUT2D eigenvalue weighted by atomic mass is 10.2. The maximum Gasteiger partial charge on any atom is 0.322 e. The van der Waals surface area contributed by atoms with Crippen LogP contribution in [0.15, 0.2) is 53.8 Å². The van der Waals surface area contributed by atoms with Gasteiger partial charge in [0, 0.05) is 25.5 Å². The highest BCUT2D eigenvalue weighted by Crippen LogP contribution is 2.28. The maximum absolute atomic E-state index is 13.3. The number of urea groups is 1. The summed E-state index contributed by atoms with van der Waals surface area (Å²) in [6, 6.07) is 8.89. The van der Waals surface area contributed by atoms with Crippen molar-refractivity contribution in [2.24, 2.45) is 0 Å². The molecule has 2 aromatic heterocycles. The highest BCUT2D eigenvalue weighted by molar-refractivity contribution is 7.90. The van der Waals surface area contributed by atoms with Crippen LogP contribution in [0.5, 0.6) is 0 Å². The topological polar surface area (TPSA) is 97.2 Å². The predicted molar refractivity (Wildman–Crippen MR) is 113 cm³/mol. The van der Waals surface area contributed by atoms with Crippen LogP contribution in [0.1, 0.15) is 24.1 Å². The molecule has 0 bridgehead atoms. The lowest BCUT2D eigenvalue weighted by Crippen LogP contribution is -2.40. The minimum absolute atomic E-state index is 0.0307. The normalized spacial score (nSPS) is 14.1. The Morgan fingerprint density at radius 3 is 2.71 bits per heavy atom. The van der Waals surface area contributed by atoms with E-state index in [9.17, 15) is 17.6 Å². The molecule has 0 unspecified atom stereocenters. The highest BCUT2D eigenvalue weighted by Gasteiger charge is 2.25. The quantitative estimate of drug-likeness (QED) is 0.669. The summed E-state index contributed by atoms with van der Waals surface area (Å²) >= 11 is 0. The van der Waals surface area contributed by atoms with Crippen molar-refractivity contribution in [3.05, 3.63) is 65.9 Å². The van der Waals surface area contributed by atoms with Gasteiger partial charge < -0.3 is 5.32 Å². The molecule has 1 aliphatic rings. The molecule has 0 atom stereocenters. The average molecular weight is 444 g/mol. The number of fused-ring (bicyclic) bond motifs is 1. The van der Waals surface area contributed by atoms with E-state index in [0.717, 1.165) is 36.9 Å². The first-order valence-corrected chi connectivity index (χ1v) is 11.8. The molecule has 0 fully saturated rings. The summed E-state index contributed by atoms with van der Waals surface area (Å²) in [5, 5.41) is 7.25. The number of aromatic nitrogens is 3. The van der Waals surface area contributed by atoms with E-state index in [0.29, 0.717) is 17.8 Å². The largest absolute Gasteiger partial charge is 0.334 e. The second kappa shape index (κ2) is 8.46. The van der Waals surface area contributed by atoms with Gasteiger partial charge in [-0.15, -0.1) is 0 Å². The summed E-state index contributed by atoms with van der Waals surface area (Å²) < 4.78 is 38.4. The van der Waals surface area contributed by atoms with E-state index in [2.05, 4.69) is 15.4 Å². The van der Waals surface area contributed by atoms with Gasteiger partial charge >= 0.3 is 6.03 Å². The van der Waals surface area contributed by atoms with Gasteiger partial charge in [-0.05, 0) is 61.2 Å². The van der Waals surface area contributed by atoms with Crippen molar-refractivity contribution in [2.75, 3.05) is 17.7 Å². The number of amides is 2. The molecule has 3 heterocycles. The third-order valence-corrected chi connectivity index (χ3v) is 6.11. The monoisotopic (exact) mass is 443 g/mol. The maximum atomic E-state index is 13.3. The number of rotatable bonds is 4. The van der Waals surface area contributed by atoms with E-state index < -0.39 is 9.84 Å². The van der Waals surface area contributed by atoms with Crippen molar-refractivity contribution in [1.82, 2.24) is 20.1 Å². The lowest BCUT2D eigenvalue weighted by Gasteiger charge is -2.21. The number of hydrogen-bond acceptors (Lipinski definition) is 5. The van der Waals surface area contributed by atoms with Crippen LogP contribution < -0.4 is 10.2 Å².